The van der Waals surface area contributed by atoms with Crippen LogP contribution in [0, 0.1) is 0 Å². The number of aromatic nitrogens is 3. The molecule has 0 atom stereocenters. The monoisotopic (exact) mass is 252 g/mol. The minimum absolute atomic E-state index is 0.311. The van der Waals surface area contributed by atoms with E-state index in [2.05, 4.69) is 19.9 Å². The SMILES string of the molecule is Clc1cccc(Cl)c1C=Nc1ncncn1. The third-order valence-corrected chi connectivity index (χ3v) is 2.45. The van der Waals surface area contributed by atoms with Crippen LogP contribution in [0.2, 0.25) is 10.0 Å². The summed E-state index contributed by atoms with van der Waals surface area (Å²) >= 11 is 11.9. The van der Waals surface area contributed by atoms with Crippen molar-refractivity contribution in [1.82, 2.24) is 15.0 Å². The second kappa shape index (κ2) is 5.01. The molecule has 0 N–H and O–H groups in total. The Kier molecular flexibility index (Phi) is 3.44. The zero-order valence-corrected chi connectivity index (χ0v) is 9.52. The normalized spacial score (nSPS) is 10.9. The molecule has 0 spiro atoms. The summed E-state index contributed by atoms with van der Waals surface area (Å²) in [6.07, 6.45) is 4.27. The lowest BCUT2D eigenvalue weighted by molar-refractivity contribution is 1.04. The van der Waals surface area contributed by atoms with E-state index in [1.165, 1.54) is 18.9 Å². The molecule has 0 aliphatic heterocycles. The highest BCUT2D eigenvalue weighted by atomic mass is 35.5. The molecular formula is C10H6Cl2N4. The van der Waals surface area contributed by atoms with Crippen LogP contribution in [0.3, 0.4) is 0 Å². The number of nitrogens with zero attached hydrogens (tertiary/aromatic N) is 4. The summed E-state index contributed by atoms with van der Waals surface area (Å²) in [6.45, 7) is 0. The summed E-state index contributed by atoms with van der Waals surface area (Å²) in [7, 11) is 0. The van der Waals surface area contributed by atoms with E-state index >= 15 is 0 Å². The Balaban J connectivity index is 2.31. The van der Waals surface area contributed by atoms with E-state index in [1.54, 1.807) is 18.2 Å². The van der Waals surface area contributed by atoms with Gasteiger partial charge < -0.3 is 0 Å². The maximum atomic E-state index is 5.97. The maximum Gasteiger partial charge on any atom is 0.252 e. The maximum absolute atomic E-state index is 5.97. The van der Waals surface area contributed by atoms with E-state index < -0.39 is 0 Å². The molecule has 0 saturated heterocycles. The Labute approximate surface area is 102 Å². The van der Waals surface area contributed by atoms with E-state index in [4.69, 9.17) is 23.2 Å². The summed E-state index contributed by atoms with van der Waals surface area (Å²) in [4.78, 5) is 15.4. The summed E-state index contributed by atoms with van der Waals surface area (Å²) in [5.41, 5.74) is 0.645. The Bertz CT molecular complexity index is 493. The molecule has 0 amide bonds. The van der Waals surface area contributed by atoms with Crippen LogP contribution in [-0.4, -0.2) is 21.2 Å². The zero-order valence-electron chi connectivity index (χ0n) is 8.01. The fourth-order valence-corrected chi connectivity index (χ4v) is 1.55. The van der Waals surface area contributed by atoms with Crippen LogP contribution in [0.1, 0.15) is 5.56 Å². The van der Waals surface area contributed by atoms with E-state index in [1.807, 2.05) is 0 Å². The van der Waals surface area contributed by atoms with Crippen LogP contribution < -0.4 is 0 Å². The average Bonchev–Trinajstić information content (AvgIpc) is 2.30. The van der Waals surface area contributed by atoms with E-state index in [0.717, 1.165) is 0 Å². The van der Waals surface area contributed by atoms with Crippen LogP contribution in [0.4, 0.5) is 5.95 Å². The van der Waals surface area contributed by atoms with Crippen molar-refractivity contribution in [1.29, 1.82) is 0 Å². The fraction of sp³-hybridized carbons (Fsp3) is 0. The molecule has 0 fully saturated rings. The number of hydrogen-bond donors (Lipinski definition) is 0. The van der Waals surface area contributed by atoms with Gasteiger partial charge in [0.25, 0.3) is 5.95 Å². The Morgan fingerprint density at radius 2 is 1.69 bits per heavy atom. The predicted octanol–water partition coefficient (Wildman–Crippen LogP) is 2.93. The van der Waals surface area contributed by atoms with Crippen molar-refractivity contribution in [2.45, 2.75) is 0 Å². The smallest absolute Gasteiger partial charge is 0.225 e. The summed E-state index contributed by atoms with van der Waals surface area (Å²) in [5, 5.41) is 1.07. The van der Waals surface area contributed by atoms with Crippen molar-refractivity contribution < 1.29 is 0 Å². The molecule has 0 bridgehead atoms. The first-order chi connectivity index (χ1) is 7.77. The fourth-order valence-electron chi connectivity index (χ4n) is 1.06. The van der Waals surface area contributed by atoms with Gasteiger partial charge in [-0.25, -0.2) is 9.98 Å². The highest BCUT2D eigenvalue weighted by Crippen LogP contribution is 2.22. The molecule has 4 nitrogen and oxygen atoms in total. The van der Waals surface area contributed by atoms with Gasteiger partial charge in [0.1, 0.15) is 12.7 Å². The van der Waals surface area contributed by atoms with E-state index in [9.17, 15) is 0 Å². The van der Waals surface area contributed by atoms with E-state index in [0.29, 0.717) is 21.6 Å². The number of halogens is 2. The van der Waals surface area contributed by atoms with Crippen LogP contribution in [0.5, 0.6) is 0 Å². The van der Waals surface area contributed by atoms with Gasteiger partial charge >= 0.3 is 0 Å². The van der Waals surface area contributed by atoms with Gasteiger partial charge in [-0.1, -0.05) is 29.3 Å². The van der Waals surface area contributed by atoms with Crippen molar-refractivity contribution in [2.24, 2.45) is 4.99 Å². The average molecular weight is 253 g/mol. The van der Waals surface area contributed by atoms with Crippen molar-refractivity contribution in [2.75, 3.05) is 0 Å². The highest BCUT2D eigenvalue weighted by molar-refractivity contribution is 6.38. The first-order valence-corrected chi connectivity index (χ1v) is 5.13. The van der Waals surface area contributed by atoms with Gasteiger partial charge in [0, 0.05) is 11.8 Å². The van der Waals surface area contributed by atoms with Gasteiger partial charge in [-0.15, -0.1) is 0 Å². The number of hydrogen-bond acceptors (Lipinski definition) is 4. The van der Waals surface area contributed by atoms with Gasteiger partial charge in [0.05, 0.1) is 10.0 Å². The molecule has 16 heavy (non-hydrogen) atoms. The highest BCUT2D eigenvalue weighted by Gasteiger charge is 2.02. The Hall–Kier alpha value is -1.52. The largest absolute Gasteiger partial charge is 0.252 e. The lowest BCUT2D eigenvalue weighted by atomic mass is 10.2. The molecule has 1 heterocycles. The molecule has 0 aliphatic rings. The molecule has 0 aliphatic carbocycles. The third kappa shape index (κ3) is 2.53. The Morgan fingerprint density at radius 3 is 2.31 bits per heavy atom. The molecule has 1 aromatic carbocycles. The molecule has 0 saturated carbocycles. The second-order valence-corrected chi connectivity index (χ2v) is 3.65. The van der Waals surface area contributed by atoms with Crippen LogP contribution in [0.15, 0.2) is 35.8 Å². The molecular weight excluding hydrogens is 247 g/mol. The van der Waals surface area contributed by atoms with Gasteiger partial charge in [-0.2, -0.15) is 9.97 Å². The molecule has 0 unspecified atom stereocenters. The number of benzene rings is 1. The number of rotatable bonds is 2. The van der Waals surface area contributed by atoms with Gasteiger partial charge in [-0.3, -0.25) is 0 Å². The van der Waals surface area contributed by atoms with Crippen molar-refractivity contribution >= 4 is 35.4 Å². The summed E-state index contributed by atoms with van der Waals surface area (Å²) in [5.74, 6) is 0.311. The second-order valence-electron chi connectivity index (χ2n) is 2.83. The van der Waals surface area contributed by atoms with Crippen LogP contribution in [0.25, 0.3) is 0 Å². The standard InChI is InChI=1S/C10H6Cl2N4/c11-8-2-1-3-9(12)7(8)4-14-10-15-5-13-6-16-10/h1-6H. The lowest BCUT2D eigenvalue weighted by Crippen LogP contribution is -1.87. The first-order valence-electron chi connectivity index (χ1n) is 4.37. The van der Waals surface area contributed by atoms with E-state index in [-0.39, 0.29) is 0 Å². The topological polar surface area (TPSA) is 51.0 Å². The van der Waals surface area contributed by atoms with Crippen molar-refractivity contribution in [3.63, 3.8) is 0 Å². The molecule has 2 aromatic rings. The van der Waals surface area contributed by atoms with Crippen molar-refractivity contribution in [3.05, 3.63) is 46.5 Å². The zero-order chi connectivity index (χ0) is 11.4. The molecule has 80 valence electrons. The quantitative estimate of drug-likeness (QED) is 0.773. The Morgan fingerprint density at radius 1 is 1.06 bits per heavy atom. The number of aliphatic imine (C=N–C) groups is 1. The van der Waals surface area contributed by atoms with Gasteiger partial charge in [0.2, 0.25) is 0 Å². The predicted molar refractivity (Wildman–Crippen MR) is 63.5 cm³/mol. The lowest BCUT2D eigenvalue weighted by Gasteiger charge is -1.99. The van der Waals surface area contributed by atoms with Crippen LogP contribution >= 0.6 is 23.2 Å². The summed E-state index contributed by atoms with van der Waals surface area (Å²) in [6, 6.07) is 5.25. The van der Waals surface area contributed by atoms with Gasteiger partial charge in [0.15, 0.2) is 0 Å². The van der Waals surface area contributed by atoms with Gasteiger partial charge in [-0.05, 0) is 12.1 Å². The minimum atomic E-state index is 0.311. The molecule has 6 heteroatoms. The van der Waals surface area contributed by atoms with Crippen LogP contribution in [-0.2, 0) is 0 Å². The summed E-state index contributed by atoms with van der Waals surface area (Å²) < 4.78 is 0. The third-order valence-electron chi connectivity index (χ3n) is 1.79. The molecule has 1 aromatic heterocycles. The molecule has 2 rings (SSSR count). The van der Waals surface area contributed by atoms with Crippen molar-refractivity contribution in [3.8, 4) is 0 Å². The minimum Gasteiger partial charge on any atom is -0.225 e. The first kappa shape index (κ1) is 11.0. The molecule has 0 radical (unpaired) electrons.